The third-order valence-corrected chi connectivity index (χ3v) is 0.877. The molecule has 4 nitrogen and oxygen atoms in total. The molecule has 4 heteroatoms. The molecule has 11 heavy (non-hydrogen) atoms. The van der Waals surface area contributed by atoms with Gasteiger partial charge in [0.2, 0.25) is 0 Å². The van der Waals surface area contributed by atoms with E-state index in [1.807, 2.05) is 0 Å². The molecule has 0 saturated carbocycles. The molecule has 0 aliphatic carbocycles. The van der Waals surface area contributed by atoms with Crippen molar-refractivity contribution >= 4 is 5.91 Å². The summed E-state index contributed by atoms with van der Waals surface area (Å²) in [6.07, 6.45) is 4.47. The van der Waals surface area contributed by atoms with Gasteiger partial charge in [0.05, 0.1) is 6.20 Å². The number of primary amides is 1. The van der Waals surface area contributed by atoms with Gasteiger partial charge in [-0.25, -0.2) is 4.98 Å². The van der Waals surface area contributed by atoms with Crippen LogP contribution in [0.4, 0.5) is 0 Å². The molecule has 0 radical (unpaired) electrons. The molecule has 0 fully saturated rings. The van der Waals surface area contributed by atoms with Gasteiger partial charge in [-0.3, -0.25) is 9.78 Å². The van der Waals surface area contributed by atoms with Crippen molar-refractivity contribution in [2.24, 2.45) is 5.73 Å². The number of hydrogen-bond acceptors (Lipinski definition) is 3. The zero-order valence-electron chi connectivity index (χ0n) is 5.61. The molecule has 1 aromatic heterocycles. The lowest BCUT2D eigenvalue weighted by molar-refractivity contribution is -0.112. The first-order valence-corrected chi connectivity index (χ1v) is 2.86. The summed E-state index contributed by atoms with van der Waals surface area (Å²) in [5, 5.41) is 0. The smallest absolute Gasteiger partial charge is 0.293 e. The quantitative estimate of drug-likeness (QED) is 0.494. The number of amides is 1. The van der Waals surface area contributed by atoms with E-state index in [2.05, 4.69) is 21.8 Å². The first kappa shape index (κ1) is 7.22. The second-order valence-electron chi connectivity index (χ2n) is 1.70. The summed E-state index contributed by atoms with van der Waals surface area (Å²) < 4.78 is 0. The lowest BCUT2D eigenvalue weighted by Gasteiger charge is -1.83. The van der Waals surface area contributed by atoms with E-state index in [-0.39, 0.29) is 0 Å². The Labute approximate surface area is 63.5 Å². The topological polar surface area (TPSA) is 68.9 Å². The molecule has 1 rings (SSSR count). The molecule has 1 amide bonds. The van der Waals surface area contributed by atoms with Gasteiger partial charge >= 0.3 is 0 Å². The Morgan fingerprint density at radius 1 is 1.55 bits per heavy atom. The molecule has 2 N–H and O–H groups in total. The van der Waals surface area contributed by atoms with E-state index in [9.17, 15) is 4.79 Å². The van der Waals surface area contributed by atoms with E-state index in [4.69, 9.17) is 5.73 Å². The van der Waals surface area contributed by atoms with Gasteiger partial charge in [-0.2, -0.15) is 0 Å². The summed E-state index contributed by atoms with van der Waals surface area (Å²) in [5.74, 6) is 3.92. The third-order valence-electron chi connectivity index (χ3n) is 0.877. The van der Waals surface area contributed by atoms with Crippen LogP contribution in [-0.4, -0.2) is 15.9 Å². The van der Waals surface area contributed by atoms with Crippen LogP contribution in [0.15, 0.2) is 18.6 Å². The number of nitrogens with zero attached hydrogens (tertiary/aromatic N) is 2. The summed E-state index contributed by atoms with van der Waals surface area (Å²) in [4.78, 5) is 17.7. The minimum Gasteiger partial charge on any atom is -0.359 e. The van der Waals surface area contributed by atoms with Gasteiger partial charge in [-0.15, -0.1) is 0 Å². The lowest BCUT2D eigenvalue weighted by Crippen LogP contribution is -2.06. The van der Waals surface area contributed by atoms with Crippen LogP contribution in [0.1, 0.15) is 5.69 Å². The Kier molecular flexibility index (Phi) is 2.18. The molecular formula is C7H5N3O. The summed E-state index contributed by atoms with van der Waals surface area (Å²) in [5.41, 5.74) is 5.22. The van der Waals surface area contributed by atoms with Crippen molar-refractivity contribution in [3.8, 4) is 11.8 Å². The maximum Gasteiger partial charge on any atom is 0.293 e. The SMILES string of the molecule is NC(=O)C#Cc1cnccn1. The fourth-order valence-electron chi connectivity index (χ4n) is 0.489. The van der Waals surface area contributed by atoms with Crippen LogP contribution in [0.5, 0.6) is 0 Å². The maximum atomic E-state index is 10.2. The van der Waals surface area contributed by atoms with E-state index in [0.717, 1.165) is 0 Å². The van der Waals surface area contributed by atoms with Crippen molar-refractivity contribution in [1.82, 2.24) is 9.97 Å². The van der Waals surface area contributed by atoms with E-state index in [0.29, 0.717) is 5.69 Å². The lowest BCUT2D eigenvalue weighted by atomic mass is 10.4. The Balaban J connectivity index is 2.83. The van der Waals surface area contributed by atoms with Crippen molar-refractivity contribution in [1.29, 1.82) is 0 Å². The molecule has 1 heterocycles. The molecule has 0 saturated heterocycles. The summed E-state index contributed by atoms with van der Waals surface area (Å²) >= 11 is 0. The van der Waals surface area contributed by atoms with Crippen LogP contribution in [-0.2, 0) is 4.79 Å². The van der Waals surface area contributed by atoms with Crippen LogP contribution < -0.4 is 5.73 Å². The third kappa shape index (κ3) is 2.45. The zero-order valence-corrected chi connectivity index (χ0v) is 5.61. The second-order valence-corrected chi connectivity index (χ2v) is 1.70. The minimum atomic E-state index is -0.671. The minimum absolute atomic E-state index is 0.436. The van der Waals surface area contributed by atoms with Crippen molar-refractivity contribution in [3.63, 3.8) is 0 Å². The zero-order chi connectivity index (χ0) is 8.10. The standard InChI is InChI=1S/C7H5N3O/c8-7(11)2-1-6-5-9-3-4-10-6/h3-5H,(H2,8,11). The van der Waals surface area contributed by atoms with Gasteiger partial charge in [-0.05, 0) is 5.92 Å². The van der Waals surface area contributed by atoms with Crippen molar-refractivity contribution < 1.29 is 4.79 Å². The highest BCUT2D eigenvalue weighted by atomic mass is 16.1. The number of carbonyl (C=O) groups is 1. The van der Waals surface area contributed by atoms with Crippen molar-refractivity contribution in [2.75, 3.05) is 0 Å². The van der Waals surface area contributed by atoms with Crippen LogP contribution in [0.2, 0.25) is 0 Å². The fourth-order valence-corrected chi connectivity index (χ4v) is 0.489. The molecule has 0 bridgehead atoms. The molecule has 0 unspecified atom stereocenters. The molecule has 1 aromatic rings. The largest absolute Gasteiger partial charge is 0.359 e. The van der Waals surface area contributed by atoms with Crippen molar-refractivity contribution in [3.05, 3.63) is 24.3 Å². The molecule has 0 aromatic carbocycles. The fraction of sp³-hybridized carbons (Fsp3) is 0. The Morgan fingerprint density at radius 2 is 2.36 bits per heavy atom. The van der Waals surface area contributed by atoms with Crippen molar-refractivity contribution in [2.45, 2.75) is 0 Å². The van der Waals surface area contributed by atoms with Gasteiger partial charge in [-0.1, -0.05) is 0 Å². The predicted molar refractivity (Wildman–Crippen MR) is 38.1 cm³/mol. The van der Waals surface area contributed by atoms with E-state index in [1.54, 1.807) is 0 Å². The number of nitrogens with two attached hydrogens (primary N) is 1. The molecule has 0 aliphatic heterocycles. The van der Waals surface area contributed by atoms with Gasteiger partial charge in [0.15, 0.2) is 0 Å². The molecule has 0 aliphatic rings. The first-order valence-electron chi connectivity index (χ1n) is 2.86. The summed E-state index contributed by atoms with van der Waals surface area (Å²) in [6, 6.07) is 0. The molecule has 0 atom stereocenters. The highest BCUT2D eigenvalue weighted by Crippen LogP contribution is 1.83. The Morgan fingerprint density at radius 3 is 2.91 bits per heavy atom. The van der Waals surface area contributed by atoms with Gasteiger partial charge < -0.3 is 5.73 Å². The van der Waals surface area contributed by atoms with Crippen LogP contribution in [0, 0.1) is 11.8 Å². The average molecular weight is 147 g/mol. The van der Waals surface area contributed by atoms with E-state index >= 15 is 0 Å². The van der Waals surface area contributed by atoms with Crippen LogP contribution in [0.3, 0.4) is 0 Å². The number of rotatable bonds is 0. The van der Waals surface area contributed by atoms with Gasteiger partial charge in [0.1, 0.15) is 5.69 Å². The van der Waals surface area contributed by atoms with E-state index in [1.165, 1.54) is 18.6 Å². The average Bonchev–Trinajstić information content (AvgIpc) is 2.03. The number of carbonyl (C=O) groups excluding carboxylic acids is 1. The second kappa shape index (κ2) is 3.32. The molecule has 0 spiro atoms. The van der Waals surface area contributed by atoms with Gasteiger partial charge in [0.25, 0.3) is 5.91 Å². The van der Waals surface area contributed by atoms with Crippen LogP contribution >= 0.6 is 0 Å². The highest BCUT2D eigenvalue weighted by molar-refractivity contribution is 5.92. The Bertz CT molecular complexity index is 309. The molecular weight excluding hydrogens is 142 g/mol. The van der Waals surface area contributed by atoms with Crippen LogP contribution in [0.25, 0.3) is 0 Å². The number of aromatic nitrogens is 2. The highest BCUT2D eigenvalue weighted by Gasteiger charge is 1.85. The van der Waals surface area contributed by atoms with Gasteiger partial charge in [0, 0.05) is 18.3 Å². The summed E-state index contributed by atoms with van der Waals surface area (Å²) in [7, 11) is 0. The van der Waals surface area contributed by atoms with E-state index < -0.39 is 5.91 Å². The maximum absolute atomic E-state index is 10.2. The monoisotopic (exact) mass is 147 g/mol. The summed E-state index contributed by atoms with van der Waals surface area (Å²) in [6.45, 7) is 0. The number of hydrogen-bond donors (Lipinski definition) is 1. The predicted octanol–water partition coefficient (Wildman–Crippen LogP) is -0.687. The normalized spacial score (nSPS) is 8.00. The first-order chi connectivity index (χ1) is 5.29. The molecule has 54 valence electrons. The Hall–Kier alpha value is -1.89.